The van der Waals surface area contributed by atoms with Crippen molar-refractivity contribution in [1.29, 1.82) is 0 Å². The van der Waals surface area contributed by atoms with E-state index in [2.05, 4.69) is 35.1 Å². The summed E-state index contributed by atoms with van der Waals surface area (Å²) in [6.07, 6.45) is 0. The topological polar surface area (TPSA) is 0 Å². The Bertz CT molecular complexity index is 148. The minimum atomic E-state index is 0. The van der Waals surface area contributed by atoms with Gasteiger partial charge in [0.25, 0.3) is 0 Å². The fourth-order valence-corrected chi connectivity index (χ4v) is 0.730. The van der Waals surface area contributed by atoms with E-state index in [0.29, 0.717) is 0 Å². The van der Waals surface area contributed by atoms with Crippen molar-refractivity contribution in [1.82, 2.24) is 0 Å². The predicted molar refractivity (Wildman–Crippen MR) is 41.1 cm³/mol. The molecule has 0 radical (unpaired) electrons. The van der Waals surface area contributed by atoms with Crippen LogP contribution in [0, 0.1) is 6.92 Å². The molecule has 9 heavy (non-hydrogen) atoms. The third-order valence-corrected chi connectivity index (χ3v) is 1.40. The van der Waals surface area contributed by atoms with Crippen LogP contribution < -0.4 is 4.46 Å². The molecule has 50 valence electrons. The van der Waals surface area contributed by atoms with Crippen molar-refractivity contribution in [2.45, 2.75) is 6.92 Å². The molecule has 1 rings (SSSR count). The van der Waals surface area contributed by atoms with E-state index in [1.165, 1.54) is 5.56 Å². The first kappa shape index (κ1) is 9.22. The first-order chi connectivity index (χ1) is 3.79. The van der Waals surface area contributed by atoms with Gasteiger partial charge in [0.2, 0.25) is 0 Å². The fourth-order valence-electron chi connectivity index (χ4n) is 0.533. The molecule has 0 unspecified atom stereocenters. The van der Waals surface area contributed by atoms with Gasteiger partial charge in [-0.25, -0.2) is 0 Å². The summed E-state index contributed by atoms with van der Waals surface area (Å²) in [5.41, 5.74) is 1.30. The van der Waals surface area contributed by atoms with Gasteiger partial charge in [0.15, 0.2) is 0 Å². The molecule has 1 aromatic rings. The molecule has 0 aliphatic heterocycles. The Labute approximate surface area is 74.2 Å². The zero-order chi connectivity index (χ0) is 5.98. The predicted octanol–water partition coefficient (Wildman–Crippen LogP) is 1.75. The summed E-state index contributed by atoms with van der Waals surface area (Å²) in [6.45, 7) is 2.08. The van der Waals surface area contributed by atoms with Gasteiger partial charge in [0, 0.05) is 0 Å². The number of aryl methyl sites for hydroxylation is 1. The van der Waals surface area contributed by atoms with Crippen molar-refractivity contribution in [3.63, 3.8) is 0 Å². The van der Waals surface area contributed by atoms with Crippen LogP contribution in [0.25, 0.3) is 0 Å². The summed E-state index contributed by atoms with van der Waals surface area (Å²) in [7, 11) is 0. The molecule has 0 saturated carbocycles. The zero-order valence-corrected chi connectivity index (χ0v) is 7.99. The van der Waals surface area contributed by atoms with E-state index in [-0.39, 0.29) is 17.0 Å². The van der Waals surface area contributed by atoms with Crippen LogP contribution in [-0.2, 0) is 16.0 Å². The van der Waals surface area contributed by atoms with Gasteiger partial charge in [-0.05, 0) is 0 Å². The van der Waals surface area contributed by atoms with Gasteiger partial charge in [-0.2, -0.15) is 0 Å². The van der Waals surface area contributed by atoms with Gasteiger partial charge in [-0.15, -0.1) is 17.0 Å². The number of halogens is 1. The minimum absolute atomic E-state index is 0. The van der Waals surface area contributed by atoms with Crippen molar-refractivity contribution in [2.24, 2.45) is 0 Å². The summed E-state index contributed by atoms with van der Waals surface area (Å²) in [6, 6.07) is 8.22. The number of hydrogen-bond acceptors (Lipinski definition) is 0. The maximum atomic E-state index is 3.35. The second-order valence-corrected chi connectivity index (χ2v) is 2.48. The van der Waals surface area contributed by atoms with Crippen molar-refractivity contribution in [3.8, 4) is 0 Å². The van der Waals surface area contributed by atoms with Crippen LogP contribution in [0.1, 0.15) is 5.56 Å². The van der Waals surface area contributed by atoms with Crippen LogP contribution in [0.15, 0.2) is 24.3 Å². The third-order valence-electron chi connectivity index (χ3n) is 1.01. The second-order valence-electron chi connectivity index (χ2n) is 1.80. The zero-order valence-electron chi connectivity index (χ0n) is 5.10. The van der Waals surface area contributed by atoms with Crippen LogP contribution in [0.5, 0.6) is 0 Å². The standard InChI is InChI=1S/C7H7.BrH.Mn/c1-7-5-3-2-4-6-7;;/h3-6H,1H3;1H;. The molecule has 0 fully saturated rings. The van der Waals surface area contributed by atoms with Crippen molar-refractivity contribution in [2.75, 3.05) is 0 Å². The van der Waals surface area contributed by atoms with Crippen LogP contribution in [0.4, 0.5) is 0 Å². The normalized spacial score (nSPS) is 8.22. The first-order valence-electron chi connectivity index (χ1n) is 2.51. The average molecular weight is 227 g/mol. The molecule has 0 spiro atoms. The Morgan fingerprint density at radius 2 is 1.56 bits per heavy atom. The molecule has 0 aliphatic carbocycles. The summed E-state index contributed by atoms with van der Waals surface area (Å²) >= 11 is 3.35. The summed E-state index contributed by atoms with van der Waals surface area (Å²) in [5, 5.41) is 0. The Balaban J connectivity index is 0.000000640. The molecule has 1 aromatic carbocycles. The van der Waals surface area contributed by atoms with Gasteiger partial charge in [0.05, 0.1) is 0 Å². The average Bonchev–Trinajstić information content (AvgIpc) is 1.77. The Kier molecular flexibility index (Phi) is 4.20. The molecule has 0 N–H and O–H groups in total. The molecule has 2 heteroatoms. The Hall–Kier alpha value is 0.219. The van der Waals surface area contributed by atoms with E-state index in [1.807, 2.05) is 12.1 Å². The molecular formula is C7H8BrMn. The number of rotatable bonds is 0. The van der Waals surface area contributed by atoms with E-state index in [9.17, 15) is 0 Å². The van der Waals surface area contributed by atoms with Crippen LogP contribution >= 0.6 is 17.0 Å². The summed E-state index contributed by atoms with van der Waals surface area (Å²) in [5.74, 6) is 0. The van der Waals surface area contributed by atoms with E-state index >= 15 is 0 Å². The van der Waals surface area contributed by atoms with Gasteiger partial charge in [-0.3, -0.25) is 0 Å². The monoisotopic (exact) mass is 226 g/mol. The van der Waals surface area contributed by atoms with Crippen LogP contribution in [0.2, 0.25) is 0 Å². The molecule has 0 atom stereocenters. The van der Waals surface area contributed by atoms with Crippen molar-refractivity contribution >= 4 is 21.4 Å². The summed E-state index contributed by atoms with van der Waals surface area (Å²) in [4.78, 5) is 0. The number of hydrogen-bond donors (Lipinski definition) is 0. The first-order valence-corrected chi connectivity index (χ1v) is 3.10. The molecular weight excluding hydrogens is 219 g/mol. The van der Waals surface area contributed by atoms with Gasteiger partial charge >= 0.3 is 57.2 Å². The molecule has 0 aromatic heterocycles. The van der Waals surface area contributed by atoms with Gasteiger partial charge in [-0.1, -0.05) is 0 Å². The molecule has 0 nitrogen and oxygen atoms in total. The number of benzene rings is 1. The van der Waals surface area contributed by atoms with E-state index in [1.54, 1.807) is 0 Å². The van der Waals surface area contributed by atoms with Gasteiger partial charge in [0.1, 0.15) is 0 Å². The molecule has 0 heterocycles. The quantitative estimate of drug-likeness (QED) is 0.592. The Morgan fingerprint density at radius 3 is 1.89 bits per heavy atom. The SMILES string of the molecule is Br.Cc1cc[c]([Mn])cc1. The Morgan fingerprint density at radius 1 is 1.11 bits per heavy atom. The van der Waals surface area contributed by atoms with E-state index in [4.69, 9.17) is 0 Å². The maximum absolute atomic E-state index is 3.35. The van der Waals surface area contributed by atoms with Crippen LogP contribution in [0.3, 0.4) is 0 Å². The third kappa shape index (κ3) is 3.04. The van der Waals surface area contributed by atoms with Crippen molar-refractivity contribution in [3.05, 3.63) is 29.8 Å². The van der Waals surface area contributed by atoms with E-state index in [0.717, 1.165) is 4.46 Å². The van der Waals surface area contributed by atoms with Gasteiger partial charge < -0.3 is 0 Å². The van der Waals surface area contributed by atoms with Crippen LogP contribution in [-0.4, -0.2) is 0 Å². The molecule has 0 amide bonds. The molecule has 0 saturated heterocycles. The molecule has 0 aliphatic rings. The fraction of sp³-hybridized carbons (Fsp3) is 0.143. The summed E-state index contributed by atoms with van der Waals surface area (Å²) < 4.78 is 1.14. The second kappa shape index (κ2) is 4.10. The molecule has 0 bridgehead atoms. The van der Waals surface area contributed by atoms with E-state index < -0.39 is 0 Å². The van der Waals surface area contributed by atoms with Crippen molar-refractivity contribution < 1.29 is 16.0 Å².